The molecule has 0 amide bonds. The van der Waals surface area contributed by atoms with Crippen LogP contribution in [0.2, 0.25) is 20.1 Å². The molecule has 228 valence electrons. The van der Waals surface area contributed by atoms with Crippen LogP contribution in [-0.2, 0) is 20.8 Å². The summed E-state index contributed by atoms with van der Waals surface area (Å²) in [6.45, 7) is -0.702. The second-order valence-corrected chi connectivity index (χ2v) is 10.7. The molecule has 0 aromatic heterocycles. The van der Waals surface area contributed by atoms with Gasteiger partial charge < -0.3 is 29.2 Å². The van der Waals surface area contributed by atoms with Crippen LogP contribution < -0.4 is 4.74 Å². The van der Waals surface area contributed by atoms with E-state index in [4.69, 9.17) is 65.4 Å². The minimum atomic E-state index is -1.04. The molecule has 13 heteroatoms. The Bertz CT molecular complexity index is 1540. The van der Waals surface area contributed by atoms with Crippen molar-refractivity contribution in [2.45, 2.75) is 12.7 Å². The van der Waals surface area contributed by atoms with Crippen LogP contribution in [0.4, 0.5) is 0 Å². The average Bonchev–Trinajstić information content (AvgIpc) is 3.02. The van der Waals surface area contributed by atoms with Crippen molar-refractivity contribution < 1.29 is 43.5 Å². The summed E-state index contributed by atoms with van der Waals surface area (Å²) in [7, 11) is 0. The Morgan fingerprint density at radius 3 is 1.48 bits per heavy atom. The van der Waals surface area contributed by atoms with E-state index in [2.05, 4.69) is 0 Å². The third-order valence-electron chi connectivity index (χ3n) is 5.91. The Hall–Kier alpha value is -4.15. The zero-order valence-electron chi connectivity index (χ0n) is 22.5. The van der Waals surface area contributed by atoms with Gasteiger partial charge in [0.2, 0.25) is 0 Å². The van der Waals surface area contributed by atoms with Gasteiger partial charge >= 0.3 is 17.9 Å². The van der Waals surface area contributed by atoms with Gasteiger partial charge in [-0.25, -0.2) is 14.4 Å². The van der Waals surface area contributed by atoms with E-state index in [1.54, 1.807) is 0 Å². The maximum Gasteiger partial charge on any atom is 0.338 e. The summed E-state index contributed by atoms with van der Waals surface area (Å²) in [6.07, 6.45) is -1.04. The predicted molar refractivity (Wildman–Crippen MR) is 163 cm³/mol. The Kier molecular flexibility index (Phi) is 11.2. The molecule has 9 nitrogen and oxygen atoms in total. The van der Waals surface area contributed by atoms with E-state index in [9.17, 15) is 24.6 Å². The van der Waals surface area contributed by atoms with Gasteiger partial charge in [-0.15, -0.1) is 0 Å². The second-order valence-electron chi connectivity index (χ2n) is 9.10. The van der Waals surface area contributed by atoms with Crippen LogP contribution >= 0.6 is 46.4 Å². The summed E-state index contributed by atoms with van der Waals surface area (Å²) in [5.74, 6) is -2.75. The highest BCUT2D eigenvalue weighted by Gasteiger charge is 2.21. The molecule has 0 spiro atoms. The van der Waals surface area contributed by atoms with Crippen molar-refractivity contribution in [1.82, 2.24) is 0 Å². The van der Waals surface area contributed by atoms with Crippen LogP contribution in [0, 0.1) is 0 Å². The molecule has 0 saturated carbocycles. The zero-order chi connectivity index (χ0) is 31.8. The van der Waals surface area contributed by atoms with Crippen molar-refractivity contribution in [2.75, 3.05) is 13.2 Å². The first-order valence-electron chi connectivity index (χ1n) is 12.7. The summed E-state index contributed by atoms with van der Waals surface area (Å²) < 4.78 is 21.9. The summed E-state index contributed by atoms with van der Waals surface area (Å²) >= 11 is 23.6. The Morgan fingerprint density at radius 2 is 1.02 bits per heavy atom. The highest BCUT2D eigenvalue weighted by atomic mass is 35.5. The first-order chi connectivity index (χ1) is 21.0. The Balaban J connectivity index is 1.44. The molecule has 0 radical (unpaired) electrons. The van der Waals surface area contributed by atoms with Gasteiger partial charge in [0, 0.05) is 0 Å². The Morgan fingerprint density at radius 1 is 0.591 bits per heavy atom. The maximum atomic E-state index is 12.7. The highest BCUT2D eigenvalue weighted by molar-refractivity contribution is 6.38. The van der Waals surface area contributed by atoms with E-state index >= 15 is 0 Å². The molecule has 0 aliphatic rings. The van der Waals surface area contributed by atoms with Crippen LogP contribution in [0.25, 0.3) is 0 Å². The van der Waals surface area contributed by atoms with Crippen molar-refractivity contribution in [3.63, 3.8) is 0 Å². The number of phenols is 2. The lowest BCUT2D eigenvalue weighted by atomic mass is 10.2. The van der Waals surface area contributed by atoms with Crippen molar-refractivity contribution >= 4 is 64.3 Å². The van der Waals surface area contributed by atoms with E-state index in [1.165, 1.54) is 48.5 Å². The number of esters is 3. The van der Waals surface area contributed by atoms with Gasteiger partial charge in [-0.2, -0.15) is 0 Å². The molecule has 0 atom stereocenters. The normalized spacial score (nSPS) is 10.8. The number of halogens is 4. The predicted octanol–water partition coefficient (Wildman–Crippen LogP) is 7.53. The number of aromatic hydroxyl groups is 2. The van der Waals surface area contributed by atoms with Crippen LogP contribution in [0.3, 0.4) is 0 Å². The molecule has 0 aliphatic carbocycles. The Labute approximate surface area is 271 Å². The lowest BCUT2D eigenvalue weighted by molar-refractivity contribution is 0.00348. The van der Waals surface area contributed by atoms with E-state index < -0.39 is 37.2 Å². The molecule has 0 heterocycles. The van der Waals surface area contributed by atoms with E-state index in [0.29, 0.717) is 0 Å². The SMILES string of the molecule is O=C(OCc1ccccc1)c1ccc(OC(COC(=O)c2cc(Cl)c(O)c(Cl)c2)COC(=O)c2cc(Cl)c(O)c(Cl)c2)cc1. The summed E-state index contributed by atoms with van der Waals surface area (Å²) in [5.41, 5.74) is 1.02. The number of ether oxygens (including phenoxy) is 4. The molecular weight excluding hydrogens is 658 g/mol. The second kappa shape index (κ2) is 15.0. The van der Waals surface area contributed by atoms with Crippen LogP contribution in [-0.4, -0.2) is 47.4 Å². The monoisotopic (exact) mass is 678 g/mol. The van der Waals surface area contributed by atoms with E-state index in [1.807, 2.05) is 30.3 Å². The molecule has 0 saturated heterocycles. The number of phenolic OH excluding ortho intramolecular Hbond substituents is 2. The van der Waals surface area contributed by atoms with Gasteiger partial charge in [0.1, 0.15) is 25.6 Å². The van der Waals surface area contributed by atoms with Gasteiger partial charge in [0.15, 0.2) is 17.6 Å². The van der Waals surface area contributed by atoms with E-state index in [0.717, 1.165) is 5.56 Å². The largest absolute Gasteiger partial charge is 0.505 e. The number of hydrogen-bond donors (Lipinski definition) is 2. The molecule has 4 rings (SSSR count). The van der Waals surface area contributed by atoms with Crippen LogP contribution in [0.5, 0.6) is 17.2 Å². The first kappa shape index (κ1) is 32.8. The van der Waals surface area contributed by atoms with Crippen LogP contribution in [0.1, 0.15) is 36.6 Å². The fraction of sp³-hybridized carbons (Fsp3) is 0.129. The van der Waals surface area contributed by atoms with Crippen molar-refractivity contribution in [3.8, 4) is 17.2 Å². The molecule has 0 fully saturated rings. The third kappa shape index (κ3) is 8.70. The topological polar surface area (TPSA) is 129 Å². The molecule has 44 heavy (non-hydrogen) atoms. The fourth-order valence-corrected chi connectivity index (χ4v) is 4.63. The number of carbonyl (C=O) groups is 3. The standard InChI is InChI=1S/C31H22Cl4O9/c32-23-10-19(11-24(33)27(23)36)30(39)42-15-22(16-43-31(40)20-12-25(34)28(37)26(35)13-20)44-21-8-6-18(7-9-21)29(38)41-14-17-4-2-1-3-5-17/h1-13,22,36-37H,14-16H2. The zero-order valence-corrected chi connectivity index (χ0v) is 25.5. The highest BCUT2D eigenvalue weighted by Crippen LogP contribution is 2.34. The number of hydrogen-bond acceptors (Lipinski definition) is 9. The number of rotatable bonds is 11. The number of carbonyl (C=O) groups excluding carboxylic acids is 3. The van der Waals surface area contributed by atoms with Crippen molar-refractivity contribution in [3.05, 3.63) is 121 Å². The molecular formula is C31H22Cl4O9. The molecule has 0 aliphatic heterocycles. The first-order valence-corrected chi connectivity index (χ1v) is 14.2. The van der Waals surface area contributed by atoms with Crippen LogP contribution in [0.15, 0.2) is 78.9 Å². The molecule has 0 bridgehead atoms. The quantitative estimate of drug-likeness (QED) is 0.122. The van der Waals surface area contributed by atoms with Gasteiger partial charge in [-0.05, 0) is 54.1 Å². The van der Waals surface area contributed by atoms with Crippen molar-refractivity contribution in [2.24, 2.45) is 0 Å². The smallest absolute Gasteiger partial charge is 0.338 e. The van der Waals surface area contributed by atoms with Gasteiger partial charge in [-0.1, -0.05) is 76.7 Å². The summed E-state index contributed by atoms with van der Waals surface area (Å²) in [6, 6.07) is 19.9. The third-order valence-corrected chi connectivity index (χ3v) is 7.06. The lowest BCUT2D eigenvalue weighted by Crippen LogP contribution is -2.31. The van der Waals surface area contributed by atoms with Gasteiger partial charge in [0.05, 0.1) is 36.8 Å². The minimum absolute atomic E-state index is 0.0414. The van der Waals surface area contributed by atoms with Gasteiger partial charge in [0.25, 0.3) is 0 Å². The number of benzene rings is 4. The molecule has 4 aromatic rings. The molecule has 2 N–H and O–H groups in total. The van der Waals surface area contributed by atoms with E-state index in [-0.39, 0.29) is 60.6 Å². The van der Waals surface area contributed by atoms with Gasteiger partial charge in [-0.3, -0.25) is 0 Å². The minimum Gasteiger partial charge on any atom is -0.505 e. The lowest BCUT2D eigenvalue weighted by Gasteiger charge is -2.20. The maximum absolute atomic E-state index is 12.7. The summed E-state index contributed by atoms with van der Waals surface area (Å²) in [4.78, 5) is 37.8. The summed E-state index contributed by atoms with van der Waals surface area (Å²) in [5, 5.41) is 18.9. The average molecular weight is 680 g/mol. The fourth-order valence-electron chi connectivity index (χ4n) is 3.66. The van der Waals surface area contributed by atoms with Crippen molar-refractivity contribution in [1.29, 1.82) is 0 Å². The molecule has 0 unspecified atom stereocenters. The molecule has 4 aromatic carbocycles.